The predicted octanol–water partition coefficient (Wildman–Crippen LogP) is 4.14. The van der Waals surface area contributed by atoms with Crippen molar-refractivity contribution < 1.29 is 0 Å². The zero-order valence-electron chi connectivity index (χ0n) is 13.0. The van der Waals surface area contributed by atoms with Gasteiger partial charge in [0, 0.05) is 36.7 Å². The third kappa shape index (κ3) is 4.31. The van der Waals surface area contributed by atoms with Crippen molar-refractivity contribution in [2.24, 2.45) is 5.92 Å². The molecule has 1 saturated heterocycles. The molecule has 0 saturated carbocycles. The molecule has 0 radical (unpaired) electrons. The van der Waals surface area contributed by atoms with E-state index in [2.05, 4.69) is 65.1 Å². The lowest BCUT2D eigenvalue weighted by Crippen LogP contribution is -2.45. The largest absolute Gasteiger partial charge is 0.314 e. The number of piperazine rings is 1. The second-order valence-corrected chi connectivity index (χ2v) is 7.15. The van der Waals surface area contributed by atoms with E-state index in [9.17, 15) is 0 Å². The molecular weight excluding hydrogens is 312 g/mol. The Morgan fingerprint density at radius 3 is 2.50 bits per heavy atom. The van der Waals surface area contributed by atoms with Gasteiger partial charge in [-0.05, 0) is 42.9 Å². The fourth-order valence-corrected chi connectivity index (χ4v) is 3.68. The van der Waals surface area contributed by atoms with Crippen molar-refractivity contribution in [1.82, 2.24) is 10.2 Å². The van der Waals surface area contributed by atoms with Crippen LogP contribution in [0.2, 0.25) is 0 Å². The Kier molecular flexibility index (Phi) is 6.06. The fraction of sp³-hybridized carbons (Fsp3) is 0.647. The van der Waals surface area contributed by atoms with Gasteiger partial charge in [0.15, 0.2) is 0 Å². The maximum Gasteiger partial charge on any atom is 0.0360 e. The Morgan fingerprint density at radius 2 is 1.90 bits per heavy atom. The minimum absolute atomic E-state index is 0.550. The van der Waals surface area contributed by atoms with E-state index < -0.39 is 0 Å². The molecule has 0 bridgehead atoms. The van der Waals surface area contributed by atoms with Gasteiger partial charge in [-0.3, -0.25) is 4.90 Å². The van der Waals surface area contributed by atoms with Gasteiger partial charge in [-0.1, -0.05) is 41.9 Å². The number of aryl methyl sites for hydroxylation is 1. The van der Waals surface area contributed by atoms with Gasteiger partial charge in [0.25, 0.3) is 0 Å². The second-order valence-electron chi connectivity index (χ2n) is 6.30. The molecule has 1 aliphatic heterocycles. The number of hydrogen-bond acceptors (Lipinski definition) is 2. The van der Waals surface area contributed by atoms with Crippen LogP contribution in [0, 0.1) is 12.8 Å². The SMILES string of the molecule is Cc1ccc([C@@H](CCC(C)C)N2CCNCC2)c(Br)c1. The van der Waals surface area contributed by atoms with Gasteiger partial charge in [0.05, 0.1) is 0 Å². The van der Waals surface area contributed by atoms with Crippen LogP contribution >= 0.6 is 15.9 Å². The van der Waals surface area contributed by atoms with Crippen LogP contribution in [0.5, 0.6) is 0 Å². The minimum Gasteiger partial charge on any atom is -0.314 e. The van der Waals surface area contributed by atoms with Crippen LogP contribution in [0.25, 0.3) is 0 Å². The van der Waals surface area contributed by atoms with Gasteiger partial charge in [-0.15, -0.1) is 0 Å². The maximum atomic E-state index is 3.78. The molecule has 1 aliphatic rings. The average molecular weight is 339 g/mol. The molecule has 1 aromatic carbocycles. The summed E-state index contributed by atoms with van der Waals surface area (Å²) in [4.78, 5) is 2.65. The summed E-state index contributed by atoms with van der Waals surface area (Å²) in [6.45, 7) is 11.3. The molecule has 0 aromatic heterocycles. The lowest BCUT2D eigenvalue weighted by atomic mass is 9.95. The van der Waals surface area contributed by atoms with E-state index in [0.29, 0.717) is 6.04 Å². The molecule has 1 N–H and O–H groups in total. The summed E-state index contributed by atoms with van der Waals surface area (Å²) >= 11 is 3.78. The van der Waals surface area contributed by atoms with Crippen LogP contribution in [0.1, 0.15) is 43.9 Å². The molecule has 0 aliphatic carbocycles. The molecule has 0 unspecified atom stereocenters. The smallest absolute Gasteiger partial charge is 0.0360 e. The Hall–Kier alpha value is -0.380. The molecule has 1 heterocycles. The van der Waals surface area contributed by atoms with Crippen molar-refractivity contribution in [1.29, 1.82) is 0 Å². The number of rotatable bonds is 5. The van der Waals surface area contributed by atoms with Crippen molar-refractivity contribution in [2.45, 2.75) is 39.7 Å². The molecule has 112 valence electrons. The summed E-state index contributed by atoms with van der Waals surface area (Å²) in [5.74, 6) is 0.768. The Labute approximate surface area is 132 Å². The van der Waals surface area contributed by atoms with Crippen LogP contribution in [0.4, 0.5) is 0 Å². The molecule has 20 heavy (non-hydrogen) atoms. The first-order chi connectivity index (χ1) is 9.58. The van der Waals surface area contributed by atoms with Crippen LogP contribution in [0.3, 0.4) is 0 Å². The Morgan fingerprint density at radius 1 is 1.20 bits per heavy atom. The normalized spacial score (nSPS) is 18.4. The summed E-state index contributed by atoms with van der Waals surface area (Å²) in [6.07, 6.45) is 2.54. The van der Waals surface area contributed by atoms with Gasteiger partial charge < -0.3 is 5.32 Å². The number of halogens is 1. The molecule has 1 aromatic rings. The lowest BCUT2D eigenvalue weighted by Gasteiger charge is -2.36. The molecule has 2 nitrogen and oxygen atoms in total. The average Bonchev–Trinajstić information content (AvgIpc) is 2.42. The van der Waals surface area contributed by atoms with E-state index in [1.165, 1.54) is 28.4 Å². The van der Waals surface area contributed by atoms with E-state index in [1.54, 1.807) is 0 Å². The van der Waals surface area contributed by atoms with E-state index in [0.717, 1.165) is 32.1 Å². The third-order valence-electron chi connectivity index (χ3n) is 4.12. The van der Waals surface area contributed by atoms with E-state index in [4.69, 9.17) is 0 Å². The summed E-state index contributed by atoms with van der Waals surface area (Å²) in [5.41, 5.74) is 2.78. The Bertz CT molecular complexity index is 425. The highest BCUT2D eigenvalue weighted by molar-refractivity contribution is 9.10. The molecule has 3 heteroatoms. The first-order valence-electron chi connectivity index (χ1n) is 7.78. The number of nitrogens with zero attached hydrogens (tertiary/aromatic N) is 1. The van der Waals surface area contributed by atoms with E-state index in [1.807, 2.05) is 0 Å². The monoisotopic (exact) mass is 338 g/mol. The van der Waals surface area contributed by atoms with Crippen molar-refractivity contribution in [2.75, 3.05) is 26.2 Å². The molecular formula is C17H27BrN2. The second kappa shape index (κ2) is 7.58. The zero-order valence-corrected chi connectivity index (χ0v) is 14.5. The van der Waals surface area contributed by atoms with Gasteiger partial charge in [0.2, 0.25) is 0 Å². The highest BCUT2D eigenvalue weighted by Gasteiger charge is 2.23. The highest BCUT2D eigenvalue weighted by atomic mass is 79.9. The van der Waals surface area contributed by atoms with Crippen molar-refractivity contribution in [3.8, 4) is 0 Å². The first-order valence-corrected chi connectivity index (χ1v) is 8.58. The fourth-order valence-electron chi connectivity index (χ4n) is 2.92. The van der Waals surface area contributed by atoms with Crippen LogP contribution in [-0.4, -0.2) is 31.1 Å². The Balaban J connectivity index is 2.19. The van der Waals surface area contributed by atoms with E-state index in [-0.39, 0.29) is 0 Å². The van der Waals surface area contributed by atoms with Gasteiger partial charge >= 0.3 is 0 Å². The summed E-state index contributed by atoms with van der Waals surface area (Å²) < 4.78 is 1.27. The van der Waals surface area contributed by atoms with Crippen LogP contribution in [0.15, 0.2) is 22.7 Å². The number of benzene rings is 1. The number of hydrogen-bond donors (Lipinski definition) is 1. The van der Waals surface area contributed by atoms with Gasteiger partial charge in [-0.25, -0.2) is 0 Å². The molecule has 1 fully saturated rings. The topological polar surface area (TPSA) is 15.3 Å². The quantitative estimate of drug-likeness (QED) is 0.867. The molecule has 0 spiro atoms. The van der Waals surface area contributed by atoms with Crippen LogP contribution in [-0.2, 0) is 0 Å². The minimum atomic E-state index is 0.550. The highest BCUT2D eigenvalue weighted by Crippen LogP contribution is 2.33. The summed E-state index contributed by atoms with van der Waals surface area (Å²) in [6, 6.07) is 7.35. The maximum absolute atomic E-state index is 3.78. The number of nitrogens with one attached hydrogen (secondary N) is 1. The van der Waals surface area contributed by atoms with Crippen molar-refractivity contribution >= 4 is 15.9 Å². The van der Waals surface area contributed by atoms with Gasteiger partial charge in [-0.2, -0.15) is 0 Å². The summed E-state index contributed by atoms with van der Waals surface area (Å²) in [7, 11) is 0. The predicted molar refractivity (Wildman–Crippen MR) is 90.1 cm³/mol. The standard InChI is InChI=1S/C17H27BrN2/c1-13(2)4-7-17(20-10-8-19-9-11-20)15-6-5-14(3)12-16(15)18/h5-6,12-13,17,19H,4,7-11H2,1-3H3/t17-/m1/s1. The molecule has 1 atom stereocenters. The first kappa shape index (κ1) is 16.0. The molecule has 2 rings (SSSR count). The van der Waals surface area contributed by atoms with Crippen LogP contribution < -0.4 is 5.32 Å². The third-order valence-corrected chi connectivity index (χ3v) is 4.81. The molecule has 0 amide bonds. The van der Waals surface area contributed by atoms with E-state index >= 15 is 0 Å². The van der Waals surface area contributed by atoms with Crippen molar-refractivity contribution in [3.63, 3.8) is 0 Å². The summed E-state index contributed by atoms with van der Waals surface area (Å²) in [5, 5.41) is 3.46. The van der Waals surface area contributed by atoms with Crippen molar-refractivity contribution in [3.05, 3.63) is 33.8 Å². The lowest BCUT2D eigenvalue weighted by molar-refractivity contribution is 0.159. The van der Waals surface area contributed by atoms with Gasteiger partial charge in [0.1, 0.15) is 0 Å². The zero-order chi connectivity index (χ0) is 14.5.